The van der Waals surface area contributed by atoms with E-state index < -0.39 is 0 Å². The molecule has 1 aromatic heterocycles. The van der Waals surface area contributed by atoms with Crippen LogP contribution < -0.4 is 0 Å². The molecule has 0 aliphatic carbocycles. The number of nitrogens with zero attached hydrogens (tertiary/aromatic N) is 1. The summed E-state index contributed by atoms with van der Waals surface area (Å²) >= 11 is 4.87. The molecule has 0 unspecified atom stereocenters. The number of fused-ring (bicyclic) bond motifs is 1. The number of aromatic hydroxyl groups is 1. The van der Waals surface area contributed by atoms with E-state index in [1.54, 1.807) is 18.4 Å². The van der Waals surface area contributed by atoms with Gasteiger partial charge in [-0.2, -0.15) is 0 Å². The van der Waals surface area contributed by atoms with Gasteiger partial charge in [0.05, 0.1) is 5.69 Å². The minimum atomic E-state index is -0.323. The average molecular weight is 261 g/mol. The zero-order valence-electron chi connectivity index (χ0n) is 9.07. The first-order valence-electron chi connectivity index (χ1n) is 5.20. The maximum atomic E-state index is 13.2. The number of halogens is 1. The third-order valence-electron chi connectivity index (χ3n) is 2.65. The van der Waals surface area contributed by atoms with E-state index in [-0.39, 0.29) is 11.7 Å². The molecule has 18 heavy (non-hydrogen) atoms. The fourth-order valence-corrected chi connectivity index (χ4v) is 2.03. The standard InChI is InChI=1S/C12H8FN3OS/c13-7-1-2-9-8(4-7)6(5-14-9)3-10-11(17)16-12(18)15-10/h1-5,17H,(H2,15,16,18)/b6-3+. The van der Waals surface area contributed by atoms with Crippen LogP contribution in [-0.4, -0.2) is 21.3 Å². The van der Waals surface area contributed by atoms with Crippen molar-refractivity contribution in [3.8, 4) is 5.88 Å². The van der Waals surface area contributed by atoms with Crippen molar-refractivity contribution >= 4 is 35.8 Å². The fourth-order valence-electron chi connectivity index (χ4n) is 1.82. The minimum Gasteiger partial charge on any atom is -0.493 e. The van der Waals surface area contributed by atoms with Crippen molar-refractivity contribution in [2.75, 3.05) is 0 Å². The van der Waals surface area contributed by atoms with Gasteiger partial charge < -0.3 is 15.1 Å². The first-order valence-corrected chi connectivity index (χ1v) is 5.61. The number of aromatic amines is 2. The van der Waals surface area contributed by atoms with E-state index >= 15 is 0 Å². The summed E-state index contributed by atoms with van der Waals surface area (Å²) in [4.78, 5) is 9.53. The molecule has 0 spiro atoms. The number of aromatic nitrogens is 2. The average Bonchev–Trinajstić information content (AvgIpc) is 2.84. The molecule has 0 saturated heterocycles. The first kappa shape index (κ1) is 10.9. The highest BCUT2D eigenvalue weighted by molar-refractivity contribution is 7.71. The molecule has 0 fully saturated rings. The number of allylic oxidation sites excluding steroid dienone is 1. The number of aliphatic imine (C=N–C) groups is 1. The summed E-state index contributed by atoms with van der Waals surface area (Å²) in [5.41, 5.74) is 2.55. The van der Waals surface area contributed by atoms with Crippen LogP contribution in [0.2, 0.25) is 0 Å². The Kier molecular flexibility index (Phi) is 2.38. The summed E-state index contributed by atoms with van der Waals surface area (Å²) in [6.45, 7) is 0. The largest absolute Gasteiger partial charge is 0.493 e. The maximum Gasteiger partial charge on any atom is 0.215 e. The summed E-state index contributed by atoms with van der Waals surface area (Å²) in [6.07, 6.45) is 3.28. The van der Waals surface area contributed by atoms with Crippen LogP contribution in [0.3, 0.4) is 0 Å². The number of H-pyrrole nitrogens is 2. The molecular formula is C12H8FN3OS. The van der Waals surface area contributed by atoms with Gasteiger partial charge in [-0.25, -0.2) is 4.39 Å². The third kappa shape index (κ3) is 1.76. The molecule has 3 N–H and O–H groups in total. The highest BCUT2D eigenvalue weighted by atomic mass is 32.1. The van der Waals surface area contributed by atoms with Crippen molar-refractivity contribution in [3.05, 3.63) is 40.0 Å². The molecule has 0 atom stereocenters. The fraction of sp³-hybridized carbons (Fsp3) is 0. The van der Waals surface area contributed by atoms with E-state index in [0.29, 0.717) is 27.3 Å². The van der Waals surface area contributed by atoms with E-state index in [4.69, 9.17) is 12.2 Å². The second-order valence-electron chi connectivity index (χ2n) is 3.86. The van der Waals surface area contributed by atoms with Gasteiger partial charge in [-0.15, -0.1) is 0 Å². The Balaban J connectivity index is 2.11. The van der Waals surface area contributed by atoms with Crippen molar-refractivity contribution in [1.29, 1.82) is 0 Å². The van der Waals surface area contributed by atoms with Gasteiger partial charge in [0.2, 0.25) is 5.88 Å². The van der Waals surface area contributed by atoms with Gasteiger partial charge in [-0.3, -0.25) is 4.99 Å². The van der Waals surface area contributed by atoms with Crippen LogP contribution >= 0.6 is 12.2 Å². The normalized spacial score (nSPS) is 15.3. The van der Waals surface area contributed by atoms with Crippen LogP contribution in [0, 0.1) is 10.6 Å². The number of nitrogens with one attached hydrogen (secondary N) is 2. The van der Waals surface area contributed by atoms with E-state index in [1.165, 1.54) is 12.1 Å². The third-order valence-corrected chi connectivity index (χ3v) is 2.85. The number of hydrogen-bond donors (Lipinski definition) is 3. The smallest absolute Gasteiger partial charge is 0.215 e. The molecular weight excluding hydrogens is 253 g/mol. The highest BCUT2D eigenvalue weighted by Gasteiger charge is 2.14. The Hall–Kier alpha value is -2.21. The van der Waals surface area contributed by atoms with Crippen molar-refractivity contribution in [3.63, 3.8) is 0 Å². The Labute approximate surface area is 107 Å². The first-order chi connectivity index (χ1) is 8.63. The lowest BCUT2D eigenvalue weighted by Crippen LogP contribution is -1.83. The van der Waals surface area contributed by atoms with Crippen molar-refractivity contribution < 1.29 is 9.50 Å². The zero-order valence-corrected chi connectivity index (χ0v) is 9.88. The van der Waals surface area contributed by atoms with Gasteiger partial charge >= 0.3 is 0 Å². The predicted octanol–water partition coefficient (Wildman–Crippen LogP) is 3.17. The molecule has 0 saturated carbocycles. The van der Waals surface area contributed by atoms with Crippen LogP contribution in [0.1, 0.15) is 11.3 Å². The Bertz CT molecular complexity index is 742. The molecule has 2 heterocycles. The second kappa shape index (κ2) is 3.92. The van der Waals surface area contributed by atoms with Gasteiger partial charge in [0, 0.05) is 17.4 Å². The van der Waals surface area contributed by atoms with Crippen LogP contribution in [0.5, 0.6) is 5.88 Å². The molecule has 0 amide bonds. The van der Waals surface area contributed by atoms with Crippen LogP contribution in [0.4, 0.5) is 10.1 Å². The number of benzene rings is 1. The summed E-state index contributed by atoms with van der Waals surface area (Å²) in [5, 5.41) is 9.58. The minimum absolute atomic E-state index is 0.0502. The predicted molar refractivity (Wildman–Crippen MR) is 70.1 cm³/mol. The molecule has 2 aromatic rings. The lowest BCUT2D eigenvalue weighted by Gasteiger charge is -1.99. The molecule has 90 valence electrons. The van der Waals surface area contributed by atoms with E-state index in [2.05, 4.69) is 15.0 Å². The van der Waals surface area contributed by atoms with E-state index in [0.717, 1.165) is 0 Å². The lowest BCUT2D eigenvalue weighted by molar-refractivity contribution is 0.455. The molecule has 1 aliphatic heterocycles. The topological polar surface area (TPSA) is 64.2 Å². The van der Waals surface area contributed by atoms with Crippen LogP contribution in [-0.2, 0) is 0 Å². The summed E-state index contributed by atoms with van der Waals surface area (Å²) < 4.78 is 13.5. The van der Waals surface area contributed by atoms with Crippen molar-refractivity contribution in [2.45, 2.75) is 0 Å². The Morgan fingerprint density at radius 2 is 2.17 bits per heavy atom. The molecule has 0 bridgehead atoms. The molecule has 3 rings (SSSR count). The maximum absolute atomic E-state index is 13.2. The van der Waals surface area contributed by atoms with E-state index in [9.17, 15) is 9.50 Å². The van der Waals surface area contributed by atoms with Gasteiger partial charge in [0.1, 0.15) is 11.5 Å². The molecule has 1 aliphatic rings. The number of imidazole rings is 1. The summed E-state index contributed by atoms with van der Waals surface area (Å²) in [5.74, 6) is -0.373. The van der Waals surface area contributed by atoms with E-state index in [1.807, 2.05) is 0 Å². The number of hydrogen-bond acceptors (Lipinski definition) is 3. The van der Waals surface area contributed by atoms with Gasteiger partial charge in [0.15, 0.2) is 4.77 Å². The van der Waals surface area contributed by atoms with Crippen molar-refractivity contribution in [1.82, 2.24) is 9.97 Å². The van der Waals surface area contributed by atoms with Crippen LogP contribution in [0.25, 0.3) is 11.6 Å². The van der Waals surface area contributed by atoms with Gasteiger partial charge in [-0.05, 0) is 36.5 Å². The lowest BCUT2D eigenvalue weighted by atomic mass is 10.1. The molecule has 6 heteroatoms. The number of rotatable bonds is 1. The molecule has 0 radical (unpaired) electrons. The Morgan fingerprint density at radius 1 is 1.33 bits per heavy atom. The summed E-state index contributed by atoms with van der Waals surface area (Å²) in [7, 11) is 0. The van der Waals surface area contributed by atoms with Crippen molar-refractivity contribution in [2.24, 2.45) is 4.99 Å². The molecule has 1 aromatic carbocycles. The summed E-state index contributed by atoms with van der Waals surface area (Å²) in [6, 6.07) is 4.38. The Morgan fingerprint density at radius 3 is 2.89 bits per heavy atom. The monoisotopic (exact) mass is 261 g/mol. The van der Waals surface area contributed by atoms with Crippen LogP contribution in [0.15, 0.2) is 23.2 Å². The quantitative estimate of drug-likeness (QED) is 0.690. The SMILES string of the molecule is Oc1[nH]c(=S)[nH]c1/C=C1\C=Nc2ccc(F)cc21. The zero-order chi connectivity index (χ0) is 12.7. The highest BCUT2D eigenvalue weighted by Crippen LogP contribution is 2.33. The second-order valence-corrected chi connectivity index (χ2v) is 4.27. The van der Waals surface area contributed by atoms with Gasteiger partial charge in [0.25, 0.3) is 0 Å². The molecule has 4 nitrogen and oxygen atoms in total. The van der Waals surface area contributed by atoms with Gasteiger partial charge in [-0.1, -0.05) is 0 Å².